The van der Waals surface area contributed by atoms with Crippen molar-refractivity contribution in [1.82, 2.24) is 9.88 Å². The zero-order valence-electron chi connectivity index (χ0n) is 7.80. The first-order valence-electron chi connectivity index (χ1n) is 4.34. The predicted molar refractivity (Wildman–Crippen MR) is 59.5 cm³/mol. The topological polar surface area (TPSA) is 76.3 Å². The first-order valence-corrected chi connectivity index (χ1v) is 6.14. The normalized spacial score (nSPS) is 17.2. The number of hydrogen-bond donors (Lipinski definition) is 1. The number of carbonyl (C=O) groups excluding carboxylic acids is 2. The van der Waals surface area contributed by atoms with Crippen LogP contribution >= 0.6 is 23.1 Å². The van der Waals surface area contributed by atoms with Gasteiger partial charge in [0.25, 0.3) is 5.24 Å². The van der Waals surface area contributed by atoms with Crippen LogP contribution in [0.2, 0.25) is 0 Å². The molecule has 1 aliphatic rings. The number of nitrogens with two attached hydrogens (primary N) is 1. The van der Waals surface area contributed by atoms with Gasteiger partial charge >= 0.3 is 0 Å². The Bertz CT molecular complexity index is 388. The van der Waals surface area contributed by atoms with Crippen LogP contribution < -0.4 is 5.73 Å². The van der Waals surface area contributed by atoms with Crippen LogP contribution in [-0.4, -0.2) is 26.8 Å². The Kier molecular flexibility index (Phi) is 2.92. The Morgan fingerprint density at radius 2 is 2.33 bits per heavy atom. The Labute approximate surface area is 94.7 Å². The van der Waals surface area contributed by atoms with Crippen LogP contribution in [-0.2, 0) is 11.3 Å². The molecule has 2 heterocycles. The lowest BCUT2D eigenvalue weighted by atomic mass is 10.4. The van der Waals surface area contributed by atoms with Crippen molar-refractivity contribution in [1.29, 1.82) is 0 Å². The number of rotatable bonds is 2. The maximum absolute atomic E-state index is 11.5. The minimum atomic E-state index is -0.182. The van der Waals surface area contributed by atoms with E-state index in [9.17, 15) is 9.59 Å². The lowest BCUT2D eigenvalue weighted by Gasteiger charge is -2.23. The van der Waals surface area contributed by atoms with E-state index in [0.29, 0.717) is 23.8 Å². The van der Waals surface area contributed by atoms with Crippen LogP contribution in [0.3, 0.4) is 0 Å². The standard InChI is InChI=1S/C8H9N3O2S2/c9-7-10-3-5(15-7)4-11-6(12)1-2-14-8(11)13/h3H,1-2,4H2,(H2,9,10). The van der Waals surface area contributed by atoms with Gasteiger partial charge in [-0.05, 0) is 0 Å². The summed E-state index contributed by atoms with van der Waals surface area (Å²) in [7, 11) is 0. The van der Waals surface area contributed by atoms with Gasteiger partial charge in [0.15, 0.2) is 5.13 Å². The number of anilines is 1. The molecule has 5 nitrogen and oxygen atoms in total. The van der Waals surface area contributed by atoms with Gasteiger partial charge in [0.05, 0.1) is 6.54 Å². The Morgan fingerprint density at radius 1 is 1.53 bits per heavy atom. The van der Waals surface area contributed by atoms with E-state index in [1.165, 1.54) is 28.0 Å². The summed E-state index contributed by atoms with van der Waals surface area (Å²) in [5.41, 5.74) is 5.47. The van der Waals surface area contributed by atoms with Crippen LogP contribution in [0, 0.1) is 0 Å². The number of amides is 2. The highest BCUT2D eigenvalue weighted by Crippen LogP contribution is 2.23. The Balaban J connectivity index is 2.09. The fraction of sp³-hybridized carbons (Fsp3) is 0.375. The average molecular weight is 243 g/mol. The smallest absolute Gasteiger partial charge is 0.288 e. The molecule has 0 aromatic carbocycles. The second-order valence-corrected chi connectivity index (χ2v) is 5.20. The van der Waals surface area contributed by atoms with Crippen molar-refractivity contribution in [3.05, 3.63) is 11.1 Å². The van der Waals surface area contributed by atoms with Gasteiger partial charge in [0, 0.05) is 23.2 Å². The summed E-state index contributed by atoms with van der Waals surface area (Å²) in [5.74, 6) is 0.463. The van der Waals surface area contributed by atoms with Gasteiger partial charge in [0.2, 0.25) is 5.91 Å². The molecule has 15 heavy (non-hydrogen) atoms. The van der Waals surface area contributed by atoms with Gasteiger partial charge in [-0.2, -0.15) is 0 Å². The van der Waals surface area contributed by atoms with E-state index in [2.05, 4.69) is 4.98 Å². The first-order chi connectivity index (χ1) is 7.16. The van der Waals surface area contributed by atoms with Crippen LogP contribution in [0.4, 0.5) is 9.93 Å². The van der Waals surface area contributed by atoms with Gasteiger partial charge in [-0.3, -0.25) is 14.5 Å². The summed E-state index contributed by atoms with van der Waals surface area (Å²) in [6, 6.07) is 0. The lowest BCUT2D eigenvalue weighted by Crippen LogP contribution is -2.37. The van der Waals surface area contributed by atoms with Crippen molar-refractivity contribution in [3.63, 3.8) is 0 Å². The minimum Gasteiger partial charge on any atom is -0.375 e. The number of carbonyl (C=O) groups is 2. The van der Waals surface area contributed by atoms with Gasteiger partial charge < -0.3 is 5.73 Å². The fourth-order valence-corrected chi connectivity index (χ4v) is 2.69. The second kappa shape index (κ2) is 4.19. The van der Waals surface area contributed by atoms with Crippen LogP contribution in [0.15, 0.2) is 6.20 Å². The molecule has 0 spiro atoms. The molecule has 0 unspecified atom stereocenters. The van der Waals surface area contributed by atoms with Gasteiger partial charge in [-0.25, -0.2) is 4.98 Å². The molecule has 2 amide bonds. The molecule has 1 aromatic rings. The number of nitrogens with zero attached hydrogens (tertiary/aromatic N) is 2. The molecule has 0 saturated carbocycles. The summed E-state index contributed by atoms with van der Waals surface area (Å²) in [5, 5.41) is 0.271. The molecule has 0 aliphatic carbocycles. The minimum absolute atomic E-state index is 0.120. The Hall–Kier alpha value is -1.08. The zero-order chi connectivity index (χ0) is 10.8. The molecule has 7 heteroatoms. The molecule has 0 atom stereocenters. The quantitative estimate of drug-likeness (QED) is 0.847. The van der Waals surface area contributed by atoms with Crippen molar-refractivity contribution in [2.45, 2.75) is 13.0 Å². The number of thioether (sulfide) groups is 1. The predicted octanol–water partition coefficient (Wildman–Crippen LogP) is 1.31. The van der Waals surface area contributed by atoms with Crippen molar-refractivity contribution >= 4 is 39.4 Å². The number of aromatic nitrogens is 1. The summed E-state index contributed by atoms with van der Waals surface area (Å²) in [4.78, 5) is 28.9. The van der Waals surface area contributed by atoms with E-state index in [1.807, 2.05) is 0 Å². The van der Waals surface area contributed by atoms with Gasteiger partial charge in [-0.15, -0.1) is 11.3 Å². The molecule has 80 valence electrons. The third-order valence-electron chi connectivity index (χ3n) is 1.95. The molecular formula is C8H9N3O2S2. The maximum Gasteiger partial charge on any atom is 0.288 e. The summed E-state index contributed by atoms with van der Waals surface area (Å²) < 4.78 is 0. The van der Waals surface area contributed by atoms with E-state index >= 15 is 0 Å². The molecule has 2 rings (SSSR count). The maximum atomic E-state index is 11.5. The highest BCUT2D eigenvalue weighted by Gasteiger charge is 2.27. The third kappa shape index (κ3) is 2.29. The van der Waals surface area contributed by atoms with Crippen molar-refractivity contribution in [3.8, 4) is 0 Å². The van der Waals surface area contributed by atoms with E-state index < -0.39 is 0 Å². The zero-order valence-corrected chi connectivity index (χ0v) is 9.44. The molecule has 1 fully saturated rings. The highest BCUT2D eigenvalue weighted by molar-refractivity contribution is 8.13. The van der Waals surface area contributed by atoms with Crippen molar-refractivity contribution < 1.29 is 9.59 Å². The second-order valence-electron chi connectivity index (χ2n) is 3.01. The third-order valence-corrected chi connectivity index (χ3v) is 3.64. The average Bonchev–Trinajstić information content (AvgIpc) is 2.58. The molecule has 1 saturated heterocycles. The molecule has 2 N–H and O–H groups in total. The highest BCUT2D eigenvalue weighted by atomic mass is 32.2. The summed E-state index contributed by atoms with van der Waals surface area (Å²) in [6.07, 6.45) is 2.02. The summed E-state index contributed by atoms with van der Waals surface area (Å²) in [6.45, 7) is 0.291. The van der Waals surface area contributed by atoms with Crippen molar-refractivity contribution in [2.24, 2.45) is 0 Å². The fourth-order valence-electron chi connectivity index (χ4n) is 1.24. The first kappa shape index (κ1) is 10.4. The Morgan fingerprint density at radius 3 is 2.93 bits per heavy atom. The number of hydrogen-bond acceptors (Lipinski definition) is 6. The van der Waals surface area contributed by atoms with Crippen LogP contribution in [0.25, 0.3) is 0 Å². The summed E-state index contributed by atoms with van der Waals surface area (Å²) >= 11 is 2.47. The molecule has 1 aliphatic heterocycles. The van der Waals surface area contributed by atoms with Gasteiger partial charge in [-0.1, -0.05) is 11.8 Å². The molecule has 0 radical (unpaired) electrons. The van der Waals surface area contributed by atoms with E-state index in [1.54, 1.807) is 6.20 Å². The molecule has 0 bridgehead atoms. The number of imide groups is 1. The largest absolute Gasteiger partial charge is 0.375 e. The van der Waals surface area contributed by atoms with Gasteiger partial charge in [0.1, 0.15) is 0 Å². The molecule has 1 aromatic heterocycles. The van der Waals surface area contributed by atoms with E-state index in [4.69, 9.17) is 5.73 Å². The van der Waals surface area contributed by atoms with Crippen LogP contribution in [0.5, 0.6) is 0 Å². The van der Waals surface area contributed by atoms with Crippen LogP contribution in [0.1, 0.15) is 11.3 Å². The number of thiazole rings is 1. The molecular weight excluding hydrogens is 234 g/mol. The van der Waals surface area contributed by atoms with Crippen molar-refractivity contribution in [2.75, 3.05) is 11.5 Å². The lowest BCUT2D eigenvalue weighted by molar-refractivity contribution is -0.128. The monoisotopic (exact) mass is 243 g/mol. The SMILES string of the molecule is Nc1ncc(CN2C(=O)CCSC2=O)s1. The number of nitrogen functional groups attached to an aromatic ring is 1. The van der Waals surface area contributed by atoms with E-state index in [-0.39, 0.29) is 11.1 Å². The van der Waals surface area contributed by atoms with E-state index in [0.717, 1.165) is 4.88 Å².